The molecule has 0 radical (unpaired) electrons. The van der Waals surface area contributed by atoms with Crippen molar-refractivity contribution in [2.45, 2.75) is 31.7 Å². The Morgan fingerprint density at radius 3 is 2.23 bits per heavy atom. The van der Waals surface area contributed by atoms with Gasteiger partial charge in [-0.25, -0.2) is 0 Å². The maximum Gasteiger partial charge on any atom is 0.265 e. The molecule has 1 aliphatic carbocycles. The highest BCUT2D eigenvalue weighted by atomic mass is 32.2. The lowest BCUT2D eigenvalue weighted by Crippen LogP contribution is -2.32. The number of nitrogens with one attached hydrogen (secondary N) is 1. The maximum absolute atomic E-state index is 10.6. The van der Waals surface area contributed by atoms with Crippen LogP contribution in [0.25, 0.3) is 0 Å². The molecule has 0 aromatic carbocycles. The molecule has 2 N–H and O–H groups in total. The monoisotopic (exact) mass is 207 g/mol. The summed E-state index contributed by atoms with van der Waals surface area (Å²) < 4.78 is 29.8. The largest absolute Gasteiger partial charge is 0.317 e. The van der Waals surface area contributed by atoms with E-state index in [1.807, 2.05) is 7.05 Å². The van der Waals surface area contributed by atoms with Gasteiger partial charge in [-0.15, -0.1) is 0 Å². The van der Waals surface area contributed by atoms with E-state index in [0.717, 1.165) is 25.7 Å². The van der Waals surface area contributed by atoms with Gasteiger partial charge in [0.1, 0.15) is 0 Å². The maximum atomic E-state index is 10.6. The van der Waals surface area contributed by atoms with Gasteiger partial charge in [0.05, 0.1) is 5.75 Å². The van der Waals surface area contributed by atoms with Crippen molar-refractivity contribution in [1.29, 1.82) is 0 Å². The highest BCUT2D eigenvalue weighted by Gasteiger charge is 2.23. The Balaban J connectivity index is 2.33. The van der Waals surface area contributed by atoms with Crippen LogP contribution in [0, 0.1) is 5.92 Å². The van der Waals surface area contributed by atoms with Crippen molar-refractivity contribution in [2.75, 3.05) is 12.8 Å². The normalized spacial score (nSPS) is 30.3. The minimum absolute atomic E-state index is 0.0660. The standard InChI is InChI=1S/C8H17NO3S/c1-9-8-4-2-7(3-5-8)6-13(10,11)12/h7-9H,2-6H2,1H3,(H,10,11,12). The molecule has 13 heavy (non-hydrogen) atoms. The van der Waals surface area contributed by atoms with Gasteiger partial charge in [-0.1, -0.05) is 0 Å². The lowest BCUT2D eigenvalue weighted by molar-refractivity contribution is 0.316. The van der Waals surface area contributed by atoms with E-state index >= 15 is 0 Å². The molecular weight excluding hydrogens is 190 g/mol. The van der Waals surface area contributed by atoms with Crippen LogP contribution in [0.1, 0.15) is 25.7 Å². The Kier molecular flexibility index (Phi) is 3.70. The molecule has 1 fully saturated rings. The molecule has 1 saturated carbocycles. The first-order valence-electron chi connectivity index (χ1n) is 4.63. The van der Waals surface area contributed by atoms with E-state index in [2.05, 4.69) is 5.32 Å². The van der Waals surface area contributed by atoms with Crippen LogP contribution < -0.4 is 5.32 Å². The first kappa shape index (κ1) is 10.9. The Hall–Kier alpha value is -0.130. The van der Waals surface area contributed by atoms with Gasteiger partial charge in [0.2, 0.25) is 0 Å². The highest BCUT2D eigenvalue weighted by Crippen LogP contribution is 2.24. The number of rotatable bonds is 3. The summed E-state index contributed by atoms with van der Waals surface area (Å²) in [7, 11) is -1.84. The van der Waals surface area contributed by atoms with Crippen LogP contribution in [0.15, 0.2) is 0 Å². The second kappa shape index (κ2) is 4.39. The average molecular weight is 207 g/mol. The summed E-state index contributed by atoms with van der Waals surface area (Å²) in [4.78, 5) is 0. The molecular formula is C8H17NO3S. The minimum atomic E-state index is -3.77. The molecule has 0 spiro atoms. The first-order valence-corrected chi connectivity index (χ1v) is 6.24. The van der Waals surface area contributed by atoms with Crippen LogP contribution in [0.5, 0.6) is 0 Å². The van der Waals surface area contributed by atoms with Gasteiger partial charge in [0, 0.05) is 6.04 Å². The Labute approximate surface area is 79.5 Å². The zero-order valence-corrected chi connectivity index (χ0v) is 8.68. The third-order valence-corrected chi connectivity index (χ3v) is 3.59. The molecule has 0 aromatic rings. The van der Waals surface area contributed by atoms with Crippen LogP contribution >= 0.6 is 0 Å². The molecule has 0 bridgehead atoms. The summed E-state index contributed by atoms with van der Waals surface area (Å²) in [5, 5.41) is 3.18. The summed E-state index contributed by atoms with van der Waals surface area (Å²) in [6.07, 6.45) is 3.81. The molecule has 0 unspecified atom stereocenters. The van der Waals surface area contributed by atoms with E-state index in [4.69, 9.17) is 4.55 Å². The van der Waals surface area contributed by atoms with Gasteiger partial charge >= 0.3 is 0 Å². The summed E-state index contributed by atoms with van der Waals surface area (Å²) >= 11 is 0. The van der Waals surface area contributed by atoms with Crippen LogP contribution in [0.4, 0.5) is 0 Å². The fraction of sp³-hybridized carbons (Fsp3) is 1.00. The fourth-order valence-electron chi connectivity index (χ4n) is 1.92. The molecule has 0 aliphatic heterocycles. The fourth-order valence-corrected chi connectivity index (χ4v) is 2.84. The molecule has 4 nitrogen and oxygen atoms in total. The number of hydrogen-bond acceptors (Lipinski definition) is 3. The average Bonchev–Trinajstić information content (AvgIpc) is 2.03. The molecule has 0 atom stereocenters. The number of hydrogen-bond donors (Lipinski definition) is 2. The van der Waals surface area contributed by atoms with Crippen LogP contribution in [0.3, 0.4) is 0 Å². The molecule has 5 heteroatoms. The minimum Gasteiger partial charge on any atom is -0.317 e. The SMILES string of the molecule is CNC1CCC(CS(=O)(=O)O)CC1. The van der Waals surface area contributed by atoms with Gasteiger partial charge in [-0.2, -0.15) is 8.42 Å². The van der Waals surface area contributed by atoms with E-state index < -0.39 is 10.1 Å². The Morgan fingerprint density at radius 2 is 1.85 bits per heavy atom. The summed E-state index contributed by atoms with van der Waals surface area (Å²) in [5.41, 5.74) is 0. The van der Waals surface area contributed by atoms with Crippen molar-refractivity contribution < 1.29 is 13.0 Å². The lowest BCUT2D eigenvalue weighted by atomic mass is 9.87. The van der Waals surface area contributed by atoms with Crippen molar-refractivity contribution in [3.05, 3.63) is 0 Å². The van der Waals surface area contributed by atoms with E-state index in [9.17, 15) is 8.42 Å². The van der Waals surface area contributed by atoms with E-state index in [-0.39, 0.29) is 11.7 Å². The zero-order chi connectivity index (χ0) is 9.90. The van der Waals surface area contributed by atoms with Gasteiger partial charge < -0.3 is 5.32 Å². The molecule has 0 saturated heterocycles. The van der Waals surface area contributed by atoms with Gasteiger partial charge in [0.15, 0.2) is 0 Å². The molecule has 1 rings (SSSR count). The Bertz CT molecular complexity index is 242. The van der Waals surface area contributed by atoms with Gasteiger partial charge in [0.25, 0.3) is 10.1 Å². The quantitative estimate of drug-likeness (QED) is 0.667. The summed E-state index contributed by atoms with van der Waals surface area (Å²) in [5.74, 6) is 0.0864. The van der Waals surface area contributed by atoms with Gasteiger partial charge in [-0.05, 0) is 38.6 Å². The van der Waals surface area contributed by atoms with Crippen molar-refractivity contribution in [3.63, 3.8) is 0 Å². The van der Waals surface area contributed by atoms with Crippen molar-refractivity contribution in [1.82, 2.24) is 5.32 Å². The zero-order valence-electron chi connectivity index (χ0n) is 7.86. The molecule has 1 aliphatic rings. The predicted octanol–water partition coefficient (Wildman–Crippen LogP) is 0.652. The lowest BCUT2D eigenvalue weighted by Gasteiger charge is -2.27. The third kappa shape index (κ3) is 4.06. The van der Waals surface area contributed by atoms with E-state index in [0.29, 0.717) is 6.04 Å². The van der Waals surface area contributed by atoms with E-state index in [1.54, 1.807) is 0 Å². The third-order valence-electron chi connectivity index (χ3n) is 2.70. The first-order chi connectivity index (χ1) is 6.01. The van der Waals surface area contributed by atoms with Crippen molar-refractivity contribution in [2.24, 2.45) is 5.92 Å². The molecule has 0 amide bonds. The van der Waals surface area contributed by atoms with Crippen molar-refractivity contribution in [3.8, 4) is 0 Å². The van der Waals surface area contributed by atoms with E-state index in [1.165, 1.54) is 0 Å². The molecule has 78 valence electrons. The van der Waals surface area contributed by atoms with Crippen LogP contribution in [-0.4, -0.2) is 31.8 Å². The molecule has 0 aromatic heterocycles. The van der Waals surface area contributed by atoms with Crippen molar-refractivity contribution >= 4 is 10.1 Å². The topological polar surface area (TPSA) is 66.4 Å². The smallest absolute Gasteiger partial charge is 0.265 e. The predicted molar refractivity (Wildman–Crippen MR) is 51.2 cm³/mol. The van der Waals surface area contributed by atoms with Gasteiger partial charge in [-0.3, -0.25) is 4.55 Å². The molecule has 0 heterocycles. The second-order valence-electron chi connectivity index (χ2n) is 3.75. The second-order valence-corrected chi connectivity index (χ2v) is 5.25. The summed E-state index contributed by atoms with van der Waals surface area (Å²) in [6, 6.07) is 0.526. The Morgan fingerprint density at radius 1 is 1.31 bits per heavy atom. The van der Waals surface area contributed by atoms with Crippen LogP contribution in [-0.2, 0) is 10.1 Å². The highest BCUT2D eigenvalue weighted by molar-refractivity contribution is 7.85. The summed E-state index contributed by atoms with van der Waals surface area (Å²) in [6.45, 7) is 0. The van der Waals surface area contributed by atoms with Crippen LogP contribution in [0.2, 0.25) is 0 Å².